The maximum Gasteiger partial charge on any atom is 0.148 e. The molecule has 0 fully saturated rings. The summed E-state index contributed by atoms with van der Waals surface area (Å²) in [6.07, 6.45) is 4.07. The molecule has 0 spiro atoms. The summed E-state index contributed by atoms with van der Waals surface area (Å²) in [5, 5.41) is 3.73. The third-order valence-electron chi connectivity index (χ3n) is 4.82. The second kappa shape index (κ2) is 7.00. The van der Waals surface area contributed by atoms with Crippen molar-refractivity contribution in [2.24, 2.45) is 5.92 Å². The minimum atomic E-state index is 0.335. The Hall–Kier alpha value is -1.42. The van der Waals surface area contributed by atoms with Gasteiger partial charge in [-0.2, -0.15) is 0 Å². The summed E-state index contributed by atoms with van der Waals surface area (Å²) in [5.41, 5.74) is 4.94. The highest BCUT2D eigenvalue weighted by molar-refractivity contribution is 9.10. The van der Waals surface area contributed by atoms with Gasteiger partial charge in [0.15, 0.2) is 0 Å². The molecule has 1 aliphatic rings. The molecule has 0 aliphatic heterocycles. The molecule has 0 unspecified atom stereocenters. The zero-order valence-corrected chi connectivity index (χ0v) is 15.7. The van der Waals surface area contributed by atoms with E-state index in [0.29, 0.717) is 12.0 Å². The number of fused-ring (bicyclic) bond motifs is 1. The zero-order valence-electron chi connectivity index (χ0n) is 14.1. The highest BCUT2D eigenvalue weighted by Gasteiger charge is 2.31. The number of nitrogens with zero attached hydrogens (tertiary/aromatic N) is 2. The van der Waals surface area contributed by atoms with Crippen LogP contribution in [0, 0.1) is 5.92 Å². The molecule has 1 aromatic heterocycles. The zero-order chi connectivity index (χ0) is 16.4. The molecule has 0 saturated carbocycles. The fourth-order valence-electron chi connectivity index (χ4n) is 3.47. The number of hydrogen-bond acceptors (Lipinski definition) is 3. The molecule has 1 aliphatic carbocycles. The van der Waals surface area contributed by atoms with Crippen LogP contribution in [-0.4, -0.2) is 9.97 Å². The fourth-order valence-corrected chi connectivity index (χ4v) is 4.05. The summed E-state index contributed by atoms with van der Waals surface area (Å²) in [6, 6.07) is 9.12. The molecule has 2 atom stereocenters. The molecule has 4 heteroatoms. The lowest BCUT2D eigenvalue weighted by molar-refractivity contribution is 0.474. The van der Waals surface area contributed by atoms with Gasteiger partial charge in [0.2, 0.25) is 0 Å². The Morgan fingerprint density at radius 1 is 1.09 bits per heavy atom. The van der Waals surface area contributed by atoms with Gasteiger partial charge in [-0.1, -0.05) is 51.5 Å². The first-order valence-electron chi connectivity index (χ1n) is 8.57. The van der Waals surface area contributed by atoms with Crippen LogP contribution in [0.4, 0.5) is 5.82 Å². The van der Waals surface area contributed by atoms with Crippen LogP contribution in [-0.2, 0) is 19.3 Å². The number of aryl methyl sites for hydroxylation is 2. The lowest BCUT2D eigenvalue weighted by atomic mass is 9.98. The third-order valence-corrected chi connectivity index (χ3v) is 5.46. The van der Waals surface area contributed by atoms with Crippen molar-refractivity contribution in [3.05, 3.63) is 51.4 Å². The first-order chi connectivity index (χ1) is 11.2. The van der Waals surface area contributed by atoms with Crippen molar-refractivity contribution in [3.63, 3.8) is 0 Å². The highest BCUT2D eigenvalue weighted by Crippen LogP contribution is 2.40. The standard InChI is InChI=1S/C19H24BrN3/c1-4-12-11-13-9-7-8-10-14(13)17(12)23-19-16(6-3)21-18(20)15(5-2)22-19/h7-10,12,17H,4-6,11H2,1-3H3,(H,22,23)/t12-,17+/m1/s1. The average molecular weight is 374 g/mol. The molecular formula is C19H24BrN3. The largest absolute Gasteiger partial charge is 0.361 e. The van der Waals surface area contributed by atoms with Gasteiger partial charge in [0.05, 0.1) is 17.4 Å². The molecule has 1 heterocycles. The van der Waals surface area contributed by atoms with Gasteiger partial charge in [0.25, 0.3) is 0 Å². The quantitative estimate of drug-likeness (QED) is 0.791. The van der Waals surface area contributed by atoms with Crippen molar-refractivity contribution in [2.45, 2.75) is 52.5 Å². The van der Waals surface area contributed by atoms with Crippen molar-refractivity contribution in [1.82, 2.24) is 9.97 Å². The van der Waals surface area contributed by atoms with Crippen LogP contribution < -0.4 is 5.32 Å². The number of anilines is 1. The lowest BCUT2D eigenvalue weighted by Crippen LogP contribution is -2.19. The summed E-state index contributed by atoms with van der Waals surface area (Å²) in [7, 11) is 0. The van der Waals surface area contributed by atoms with Crippen molar-refractivity contribution >= 4 is 21.7 Å². The second-order valence-corrected chi connectivity index (χ2v) is 6.91. The number of halogens is 1. The number of nitrogens with one attached hydrogen (secondary N) is 1. The predicted octanol–water partition coefficient (Wildman–Crippen LogP) is 5.10. The van der Waals surface area contributed by atoms with Gasteiger partial charge in [-0.05, 0) is 52.2 Å². The molecule has 2 aromatic rings. The number of hydrogen-bond donors (Lipinski definition) is 1. The molecular weight excluding hydrogens is 350 g/mol. The molecule has 3 nitrogen and oxygen atoms in total. The Bertz CT molecular complexity index is 699. The smallest absolute Gasteiger partial charge is 0.148 e. The van der Waals surface area contributed by atoms with Crippen molar-refractivity contribution in [3.8, 4) is 0 Å². The average Bonchev–Trinajstić information content (AvgIpc) is 2.93. The van der Waals surface area contributed by atoms with Gasteiger partial charge in [-0.3, -0.25) is 0 Å². The van der Waals surface area contributed by atoms with Crippen LogP contribution in [0.5, 0.6) is 0 Å². The van der Waals surface area contributed by atoms with E-state index in [2.05, 4.69) is 66.3 Å². The number of benzene rings is 1. The van der Waals surface area contributed by atoms with E-state index in [1.807, 2.05) is 0 Å². The molecule has 0 radical (unpaired) electrons. The van der Waals surface area contributed by atoms with Gasteiger partial charge in [0, 0.05) is 0 Å². The maximum absolute atomic E-state index is 4.85. The SMILES string of the molecule is CCc1nc(N[C@@H]2c3ccccc3C[C@H]2CC)c(CC)nc1Br. The topological polar surface area (TPSA) is 37.8 Å². The Morgan fingerprint density at radius 2 is 1.83 bits per heavy atom. The van der Waals surface area contributed by atoms with Crippen LogP contribution in [0.15, 0.2) is 28.9 Å². The Labute approximate surface area is 147 Å². The van der Waals surface area contributed by atoms with E-state index < -0.39 is 0 Å². The van der Waals surface area contributed by atoms with E-state index >= 15 is 0 Å². The molecule has 1 N–H and O–H groups in total. The monoisotopic (exact) mass is 373 g/mol. The summed E-state index contributed by atoms with van der Waals surface area (Å²) in [4.78, 5) is 9.55. The molecule has 1 aromatic carbocycles. The summed E-state index contributed by atoms with van der Waals surface area (Å²) in [5.74, 6) is 1.57. The van der Waals surface area contributed by atoms with Gasteiger partial charge >= 0.3 is 0 Å². The number of rotatable bonds is 5. The van der Waals surface area contributed by atoms with E-state index in [1.54, 1.807) is 0 Å². The Balaban J connectivity index is 1.97. The summed E-state index contributed by atoms with van der Waals surface area (Å²) >= 11 is 3.54. The van der Waals surface area contributed by atoms with Gasteiger partial charge < -0.3 is 5.32 Å². The van der Waals surface area contributed by atoms with Gasteiger partial charge in [0.1, 0.15) is 10.4 Å². The molecule has 0 amide bonds. The van der Waals surface area contributed by atoms with Crippen LogP contribution in [0.3, 0.4) is 0 Å². The lowest BCUT2D eigenvalue weighted by Gasteiger charge is -2.23. The molecule has 0 bridgehead atoms. The normalized spacial score (nSPS) is 19.7. The first kappa shape index (κ1) is 16.4. The van der Waals surface area contributed by atoms with E-state index in [1.165, 1.54) is 17.5 Å². The minimum Gasteiger partial charge on any atom is -0.361 e. The van der Waals surface area contributed by atoms with Crippen LogP contribution >= 0.6 is 15.9 Å². The van der Waals surface area contributed by atoms with E-state index in [-0.39, 0.29) is 0 Å². The molecule has 122 valence electrons. The van der Waals surface area contributed by atoms with Crippen molar-refractivity contribution in [1.29, 1.82) is 0 Å². The summed E-state index contributed by atoms with van der Waals surface area (Å²) < 4.78 is 0.876. The van der Waals surface area contributed by atoms with Crippen LogP contribution in [0.25, 0.3) is 0 Å². The van der Waals surface area contributed by atoms with Crippen molar-refractivity contribution < 1.29 is 0 Å². The van der Waals surface area contributed by atoms with E-state index in [4.69, 9.17) is 9.97 Å². The van der Waals surface area contributed by atoms with Crippen LogP contribution in [0.2, 0.25) is 0 Å². The number of aromatic nitrogens is 2. The second-order valence-electron chi connectivity index (χ2n) is 6.16. The third kappa shape index (κ3) is 3.14. The minimum absolute atomic E-state index is 0.335. The van der Waals surface area contributed by atoms with Crippen LogP contribution in [0.1, 0.15) is 55.7 Å². The molecule has 3 rings (SSSR count). The molecule has 23 heavy (non-hydrogen) atoms. The highest BCUT2D eigenvalue weighted by atomic mass is 79.9. The van der Waals surface area contributed by atoms with E-state index in [0.717, 1.165) is 41.1 Å². The van der Waals surface area contributed by atoms with Crippen molar-refractivity contribution in [2.75, 3.05) is 5.32 Å². The first-order valence-corrected chi connectivity index (χ1v) is 9.36. The Kier molecular flexibility index (Phi) is 5.00. The van der Waals surface area contributed by atoms with E-state index in [9.17, 15) is 0 Å². The Morgan fingerprint density at radius 3 is 2.52 bits per heavy atom. The summed E-state index contributed by atoms with van der Waals surface area (Å²) in [6.45, 7) is 6.52. The maximum atomic E-state index is 4.85. The van der Waals surface area contributed by atoms with Gasteiger partial charge in [-0.15, -0.1) is 0 Å². The predicted molar refractivity (Wildman–Crippen MR) is 98.8 cm³/mol. The fraction of sp³-hybridized carbons (Fsp3) is 0.474. The van der Waals surface area contributed by atoms with Gasteiger partial charge in [-0.25, -0.2) is 9.97 Å². The molecule has 0 saturated heterocycles.